The second-order valence-electron chi connectivity index (χ2n) is 5.40. The number of imide groups is 1. The topological polar surface area (TPSA) is 117 Å². The number of nitrogens with zero attached hydrogens (tertiary/aromatic N) is 5. The van der Waals surface area contributed by atoms with E-state index in [4.69, 9.17) is 5.73 Å². The molecule has 21 heavy (non-hydrogen) atoms. The van der Waals surface area contributed by atoms with Crippen LogP contribution in [0, 0.1) is 5.92 Å². The molecule has 3 amide bonds. The molecule has 1 aliphatic heterocycles. The van der Waals surface area contributed by atoms with Crippen LogP contribution in [0.1, 0.15) is 19.7 Å². The van der Waals surface area contributed by atoms with E-state index in [-0.39, 0.29) is 30.1 Å². The van der Waals surface area contributed by atoms with Crippen molar-refractivity contribution in [3.63, 3.8) is 0 Å². The molecule has 9 heteroatoms. The minimum absolute atomic E-state index is 0.0206. The number of carbonyl (C=O) groups excluding carboxylic acids is 2. The van der Waals surface area contributed by atoms with Crippen LogP contribution in [0.15, 0.2) is 0 Å². The summed E-state index contributed by atoms with van der Waals surface area (Å²) in [4.78, 5) is 39.0. The van der Waals surface area contributed by atoms with Gasteiger partial charge in [-0.05, 0) is 5.92 Å². The first-order valence-corrected chi connectivity index (χ1v) is 6.59. The number of amides is 3. The monoisotopic (exact) mass is 293 g/mol. The molecule has 1 aromatic heterocycles. The maximum Gasteiger partial charge on any atom is 0.325 e. The molecule has 1 aromatic rings. The summed E-state index contributed by atoms with van der Waals surface area (Å²) in [6, 6.07) is -0.950. The number of hydrogen-bond donors (Lipinski definition) is 2. The fourth-order valence-corrected chi connectivity index (χ4v) is 1.98. The number of hydrogen-bond acceptors (Lipinski definition) is 7. The lowest BCUT2D eigenvalue weighted by Gasteiger charge is -2.15. The van der Waals surface area contributed by atoms with E-state index in [9.17, 15) is 9.59 Å². The number of nitrogens with two attached hydrogens (primary N) is 1. The van der Waals surface area contributed by atoms with Gasteiger partial charge in [-0.3, -0.25) is 9.69 Å². The lowest BCUT2D eigenvalue weighted by atomic mass is 10.1. The zero-order valence-electron chi connectivity index (χ0n) is 12.5. The van der Waals surface area contributed by atoms with Crippen LogP contribution in [0.3, 0.4) is 0 Å². The van der Waals surface area contributed by atoms with Gasteiger partial charge in [-0.25, -0.2) is 4.79 Å². The molecule has 1 aliphatic rings. The summed E-state index contributed by atoms with van der Waals surface area (Å²) in [6.07, 6.45) is 0. The van der Waals surface area contributed by atoms with Gasteiger partial charge in [-0.15, -0.1) is 0 Å². The van der Waals surface area contributed by atoms with E-state index in [0.29, 0.717) is 5.95 Å². The number of carbonyl (C=O) groups is 2. The molecule has 3 N–H and O–H groups in total. The van der Waals surface area contributed by atoms with Crippen LogP contribution in [0.2, 0.25) is 0 Å². The van der Waals surface area contributed by atoms with Crippen LogP contribution in [0.5, 0.6) is 0 Å². The molecule has 2 heterocycles. The van der Waals surface area contributed by atoms with Crippen molar-refractivity contribution >= 4 is 23.8 Å². The Bertz CT molecular complexity index is 573. The molecule has 1 atom stereocenters. The Morgan fingerprint density at radius 3 is 2.48 bits per heavy atom. The first kappa shape index (κ1) is 14.9. The number of aromatic nitrogens is 3. The number of urea groups is 1. The summed E-state index contributed by atoms with van der Waals surface area (Å²) in [5, 5.41) is 2.65. The third-order valence-electron chi connectivity index (χ3n) is 3.11. The summed E-state index contributed by atoms with van der Waals surface area (Å²) < 4.78 is 0. The van der Waals surface area contributed by atoms with Crippen molar-refractivity contribution < 1.29 is 9.59 Å². The van der Waals surface area contributed by atoms with Gasteiger partial charge in [0.15, 0.2) is 5.82 Å². The maximum atomic E-state index is 12.2. The quantitative estimate of drug-likeness (QED) is 0.725. The molecule has 0 aromatic carbocycles. The van der Waals surface area contributed by atoms with E-state index < -0.39 is 12.1 Å². The molecule has 0 radical (unpaired) electrons. The highest BCUT2D eigenvalue weighted by Crippen LogP contribution is 2.16. The SMILES string of the molecule is CC(C)[C@H]1NC(=O)N(Cc2nc(N)nc(N(C)C)n2)C1=O. The molecule has 0 saturated carbocycles. The summed E-state index contributed by atoms with van der Waals surface area (Å²) in [6.45, 7) is 3.72. The summed E-state index contributed by atoms with van der Waals surface area (Å²) in [5.74, 6) is 0.452. The van der Waals surface area contributed by atoms with Gasteiger partial charge >= 0.3 is 6.03 Å². The largest absolute Gasteiger partial charge is 0.368 e. The Morgan fingerprint density at radius 2 is 1.95 bits per heavy atom. The van der Waals surface area contributed by atoms with Crippen molar-refractivity contribution in [3.05, 3.63) is 5.82 Å². The lowest BCUT2D eigenvalue weighted by molar-refractivity contribution is -0.128. The average molecular weight is 293 g/mol. The zero-order valence-corrected chi connectivity index (χ0v) is 12.5. The Hall–Kier alpha value is -2.45. The van der Waals surface area contributed by atoms with Crippen LogP contribution in [-0.4, -0.2) is 51.9 Å². The van der Waals surface area contributed by atoms with E-state index in [1.165, 1.54) is 0 Å². The number of nitrogen functional groups attached to an aromatic ring is 1. The van der Waals surface area contributed by atoms with E-state index in [2.05, 4.69) is 20.3 Å². The van der Waals surface area contributed by atoms with Gasteiger partial charge in [0.25, 0.3) is 5.91 Å². The van der Waals surface area contributed by atoms with Crippen LogP contribution < -0.4 is 16.0 Å². The molecule has 0 bridgehead atoms. The predicted molar refractivity (Wildman–Crippen MR) is 76.3 cm³/mol. The molecule has 9 nitrogen and oxygen atoms in total. The molecule has 1 saturated heterocycles. The maximum absolute atomic E-state index is 12.2. The highest BCUT2D eigenvalue weighted by atomic mass is 16.2. The summed E-state index contributed by atoms with van der Waals surface area (Å²) >= 11 is 0. The van der Waals surface area contributed by atoms with Gasteiger partial charge in [-0.1, -0.05) is 13.8 Å². The first-order valence-electron chi connectivity index (χ1n) is 6.59. The van der Waals surface area contributed by atoms with Crippen molar-refractivity contribution in [2.24, 2.45) is 5.92 Å². The van der Waals surface area contributed by atoms with Gasteiger partial charge in [0, 0.05) is 14.1 Å². The second-order valence-corrected chi connectivity index (χ2v) is 5.40. The van der Waals surface area contributed by atoms with Crippen LogP contribution in [0.4, 0.5) is 16.7 Å². The molecular weight excluding hydrogens is 274 g/mol. The van der Waals surface area contributed by atoms with Crippen molar-refractivity contribution in [3.8, 4) is 0 Å². The van der Waals surface area contributed by atoms with Gasteiger partial charge in [0.05, 0.1) is 6.54 Å². The zero-order chi connectivity index (χ0) is 15.7. The molecule has 0 unspecified atom stereocenters. The third kappa shape index (κ3) is 3.01. The van der Waals surface area contributed by atoms with E-state index >= 15 is 0 Å². The highest BCUT2D eigenvalue weighted by Gasteiger charge is 2.39. The summed E-state index contributed by atoms with van der Waals surface area (Å²) in [7, 11) is 3.53. The Labute approximate surface area is 122 Å². The van der Waals surface area contributed by atoms with Crippen molar-refractivity contribution in [1.82, 2.24) is 25.2 Å². The second kappa shape index (κ2) is 5.51. The van der Waals surface area contributed by atoms with Crippen LogP contribution in [-0.2, 0) is 11.3 Å². The standard InChI is InChI=1S/C12H19N7O2/c1-6(2)8-9(20)19(12(21)16-8)5-7-14-10(13)17-11(15-7)18(3)4/h6,8H,5H2,1-4H3,(H,16,21)(H2,13,14,15,17)/t8-/m1/s1. The molecule has 114 valence electrons. The van der Waals surface area contributed by atoms with E-state index in [1.54, 1.807) is 19.0 Å². The van der Waals surface area contributed by atoms with Crippen LogP contribution in [0.25, 0.3) is 0 Å². The molecule has 1 fully saturated rings. The van der Waals surface area contributed by atoms with Gasteiger partial charge in [-0.2, -0.15) is 15.0 Å². The van der Waals surface area contributed by atoms with Gasteiger partial charge in [0.1, 0.15) is 6.04 Å². The first-order chi connectivity index (χ1) is 9.79. The molecule has 0 spiro atoms. The average Bonchev–Trinajstić information content (AvgIpc) is 2.66. The van der Waals surface area contributed by atoms with E-state index in [0.717, 1.165) is 4.90 Å². The number of anilines is 2. The predicted octanol–water partition coefficient (Wildman–Crippen LogP) is -0.404. The van der Waals surface area contributed by atoms with Gasteiger partial charge in [0.2, 0.25) is 11.9 Å². The number of nitrogens with one attached hydrogen (secondary N) is 1. The van der Waals surface area contributed by atoms with Crippen LogP contribution >= 0.6 is 0 Å². The van der Waals surface area contributed by atoms with Crippen molar-refractivity contribution in [2.45, 2.75) is 26.4 Å². The summed E-state index contributed by atoms with van der Waals surface area (Å²) in [5.41, 5.74) is 5.62. The fourth-order valence-electron chi connectivity index (χ4n) is 1.98. The normalized spacial score (nSPS) is 18.3. The highest BCUT2D eigenvalue weighted by molar-refractivity contribution is 6.04. The molecule has 2 rings (SSSR count). The van der Waals surface area contributed by atoms with E-state index in [1.807, 2.05) is 13.8 Å². The Morgan fingerprint density at radius 1 is 1.29 bits per heavy atom. The van der Waals surface area contributed by atoms with Crippen molar-refractivity contribution in [2.75, 3.05) is 24.7 Å². The Kier molecular flexibility index (Phi) is 3.92. The van der Waals surface area contributed by atoms with Gasteiger partial charge < -0.3 is 16.0 Å². The lowest BCUT2D eigenvalue weighted by Crippen LogP contribution is -2.34. The number of rotatable bonds is 4. The minimum Gasteiger partial charge on any atom is -0.368 e. The Balaban J connectivity index is 2.22. The van der Waals surface area contributed by atoms with Crippen molar-refractivity contribution in [1.29, 1.82) is 0 Å². The molecular formula is C12H19N7O2. The third-order valence-corrected chi connectivity index (χ3v) is 3.11. The smallest absolute Gasteiger partial charge is 0.325 e. The fraction of sp³-hybridized carbons (Fsp3) is 0.583. The molecule has 0 aliphatic carbocycles. The minimum atomic E-state index is -0.509.